The Morgan fingerprint density at radius 1 is 0.781 bits per heavy atom. The highest BCUT2D eigenvalue weighted by Crippen LogP contribution is 2.23. The Kier molecular flexibility index (Phi) is 6.99. The number of nitrogens with zero attached hydrogens (tertiary/aromatic N) is 2. The Labute approximate surface area is 190 Å². The van der Waals surface area contributed by atoms with Gasteiger partial charge in [-0.2, -0.15) is 0 Å². The number of sulfonamides is 2. The van der Waals surface area contributed by atoms with Crippen molar-refractivity contribution in [2.24, 2.45) is 0 Å². The van der Waals surface area contributed by atoms with Crippen LogP contribution in [0.4, 0.5) is 0 Å². The second-order valence-electron chi connectivity index (χ2n) is 8.59. The van der Waals surface area contributed by atoms with Crippen molar-refractivity contribution < 1.29 is 16.8 Å². The average Bonchev–Trinajstić information content (AvgIpc) is 3.58. The van der Waals surface area contributed by atoms with E-state index in [0.717, 1.165) is 51.1 Å². The molecular weight excluding hydrogens is 448 g/mol. The molecule has 10 heteroatoms. The average molecular weight is 479 g/mol. The van der Waals surface area contributed by atoms with E-state index in [1.54, 1.807) is 0 Å². The van der Waals surface area contributed by atoms with Crippen LogP contribution in [0.2, 0.25) is 0 Å². The lowest BCUT2D eigenvalue weighted by atomic mass is 10.1. The zero-order valence-corrected chi connectivity index (χ0v) is 19.8. The standard InChI is InChI=1S/C22H30N4O4S2/c1-25-12-14-26(15-13-25)17-19-4-2-18(3-5-19)16-23-31(27,28)21-8-10-22(11-9-21)32(29,30)24-20-6-7-20/h2-5,8-11,20,23-24H,6-7,12-17H2,1H3. The predicted molar refractivity (Wildman–Crippen MR) is 123 cm³/mol. The molecule has 2 aromatic carbocycles. The van der Waals surface area contributed by atoms with E-state index in [4.69, 9.17) is 0 Å². The van der Waals surface area contributed by atoms with Crippen LogP contribution in [-0.2, 0) is 33.1 Å². The maximum atomic E-state index is 12.6. The number of hydrogen-bond donors (Lipinski definition) is 2. The highest BCUT2D eigenvalue weighted by Gasteiger charge is 2.28. The van der Waals surface area contributed by atoms with Crippen LogP contribution in [0.5, 0.6) is 0 Å². The molecule has 1 aliphatic carbocycles. The molecule has 1 saturated carbocycles. The molecule has 0 atom stereocenters. The lowest BCUT2D eigenvalue weighted by molar-refractivity contribution is 0.148. The molecular formula is C22H30N4O4S2. The van der Waals surface area contributed by atoms with Crippen molar-refractivity contribution in [1.82, 2.24) is 19.2 Å². The van der Waals surface area contributed by atoms with E-state index in [9.17, 15) is 16.8 Å². The van der Waals surface area contributed by atoms with Crippen LogP contribution in [0.1, 0.15) is 24.0 Å². The highest BCUT2D eigenvalue weighted by molar-refractivity contribution is 7.90. The molecule has 0 radical (unpaired) electrons. The van der Waals surface area contributed by atoms with Gasteiger partial charge in [0.25, 0.3) is 0 Å². The Bertz CT molecular complexity index is 1120. The molecule has 2 aromatic rings. The molecule has 2 N–H and O–H groups in total. The monoisotopic (exact) mass is 478 g/mol. The molecule has 1 aliphatic heterocycles. The Morgan fingerprint density at radius 2 is 1.31 bits per heavy atom. The molecule has 32 heavy (non-hydrogen) atoms. The first-order valence-corrected chi connectivity index (χ1v) is 13.8. The largest absolute Gasteiger partial charge is 0.304 e. The summed E-state index contributed by atoms with van der Waals surface area (Å²) in [5.74, 6) is 0. The van der Waals surface area contributed by atoms with Gasteiger partial charge in [0.15, 0.2) is 0 Å². The predicted octanol–water partition coefficient (Wildman–Crippen LogP) is 1.35. The Hall–Kier alpha value is -1.82. The molecule has 0 spiro atoms. The van der Waals surface area contributed by atoms with Crippen molar-refractivity contribution in [2.45, 2.75) is 41.8 Å². The number of hydrogen-bond acceptors (Lipinski definition) is 6. The normalized spacial score (nSPS) is 18.7. The quantitative estimate of drug-likeness (QED) is 0.565. The van der Waals surface area contributed by atoms with E-state index in [1.807, 2.05) is 24.3 Å². The van der Waals surface area contributed by atoms with Crippen LogP contribution in [0.3, 0.4) is 0 Å². The van der Waals surface area contributed by atoms with Crippen molar-refractivity contribution in [3.63, 3.8) is 0 Å². The smallest absolute Gasteiger partial charge is 0.240 e. The van der Waals surface area contributed by atoms with Crippen molar-refractivity contribution in [2.75, 3.05) is 33.2 Å². The van der Waals surface area contributed by atoms with Gasteiger partial charge in [-0.3, -0.25) is 4.90 Å². The number of likely N-dealkylation sites (N-methyl/N-ethyl adjacent to an activating group) is 1. The summed E-state index contributed by atoms with van der Waals surface area (Å²) in [7, 11) is -5.22. The summed E-state index contributed by atoms with van der Waals surface area (Å²) in [6.45, 7) is 5.31. The zero-order chi connectivity index (χ0) is 22.8. The molecule has 8 nitrogen and oxygen atoms in total. The van der Waals surface area contributed by atoms with Crippen molar-refractivity contribution in [3.05, 3.63) is 59.7 Å². The van der Waals surface area contributed by atoms with Crippen molar-refractivity contribution >= 4 is 20.0 Å². The second-order valence-corrected chi connectivity index (χ2v) is 12.1. The number of nitrogens with one attached hydrogen (secondary N) is 2. The van der Waals surface area contributed by atoms with Crippen LogP contribution in [0.25, 0.3) is 0 Å². The van der Waals surface area contributed by atoms with Gasteiger partial charge in [0.2, 0.25) is 20.0 Å². The van der Waals surface area contributed by atoms with Gasteiger partial charge in [0.1, 0.15) is 0 Å². The van der Waals surface area contributed by atoms with E-state index >= 15 is 0 Å². The first kappa shape index (κ1) is 23.3. The molecule has 1 saturated heterocycles. The van der Waals surface area contributed by atoms with Crippen LogP contribution < -0.4 is 9.44 Å². The van der Waals surface area contributed by atoms with E-state index < -0.39 is 20.0 Å². The fourth-order valence-corrected chi connectivity index (χ4v) is 5.90. The van der Waals surface area contributed by atoms with Gasteiger partial charge in [0.05, 0.1) is 9.79 Å². The number of piperazine rings is 1. The Morgan fingerprint density at radius 3 is 1.88 bits per heavy atom. The van der Waals surface area contributed by atoms with Gasteiger partial charge in [-0.05, 0) is 55.3 Å². The summed E-state index contributed by atoms with van der Waals surface area (Å²) >= 11 is 0. The van der Waals surface area contributed by atoms with Gasteiger partial charge in [-0.1, -0.05) is 24.3 Å². The summed E-state index contributed by atoms with van der Waals surface area (Å²) in [5, 5.41) is 0. The first-order chi connectivity index (χ1) is 15.2. The van der Waals surface area contributed by atoms with Crippen LogP contribution in [0.15, 0.2) is 58.3 Å². The maximum Gasteiger partial charge on any atom is 0.240 e. The number of benzene rings is 2. The molecule has 4 rings (SSSR count). The minimum absolute atomic E-state index is 0.00183. The molecule has 0 bridgehead atoms. The minimum Gasteiger partial charge on any atom is -0.304 e. The summed E-state index contributed by atoms with van der Waals surface area (Å²) in [4.78, 5) is 4.85. The number of rotatable bonds is 9. The maximum absolute atomic E-state index is 12.6. The second kappa shape index (κ2) is 9.58. The third kappa shape index (κ3) is 6.15. The first-order valence-electron chi connectivity index (χ1n) is 10.8. The van der Waals surface area contributed by atoms with Gasteiger partial charge >= 0.3 is 0 Å². The van der Waals surface area contributed by atoms with Gasteiger partial charge in [-0.15, -0.1) is 0 Å². The molecule has 0 amide bonds. The fraction of sp³-hybridized carbons (Fsp3) is 0.455. The van der Waals surface area contributed by atoms with Crippen LogP contribution in [-0.4, -0.2) is 65.9 Å². The fourth-order valence-electron chi connectivity index (χ4n) is 3.57. The summed E-state index contributed by atoms with van der Waals surface area (Å²) in [6, 6.07) is 13.2. The third-order valence-corrected chi connectivity index (χ3v) is 8.79. The molecule has 0 aromatic heterocycles. The molecule has 0 unspecified atom stereocenters. The molecule has 174 valence electrons. The third-order valence-electron chi connectivity index (χ3n) is 5.83. The highest BCUT2D eigenvalue weighted by atomic mass is 32.2. The SMILES string of the molecule is CN1CCN(Cc2ccc(CNS(=O)(=O)c3ccc(S(=O)(=O)NC4CC4)cc3)cc2)CC1. The summed E-state index contributed by atoms with van der Waals surface area (Å²) in [6.07, 6.45) is 1.68. The van der Waals surface area contributed by atoms with Gasteiger partial charge in [-0.25, -0.2) is 26.3 Å². The van der Waals surface area contributed by atoms with Gasteiger partial charge in [0, 0.05) is 45.3 Å². The zero-order valence-electron chi connectivity index (χ0n) is 18.2. The van der Waals surface area contributed by atoms with Crippen molar-refractivity contribution in [1.29, 1.82) is 0 Å². The van der Waals surface area contributed by atoms with Crippen LogP contribution in [0, 0.1) is 0 Å². The molecule has 1 heterocycles. The van der Waals surface area contributed by atoms with E-state index in [-0.39, 0.29) is 22.4 Å². The van der Waals surface area contributed by atoms with Gasteiger partial charge < -0.3 is 4.90 Å². The van der Waals surface area contributed by atoms with Crippen molar-refractivity contribution in [3.8, 4) is 0 Å². The lowest BCUT2D eigenvalue weighted by Gasteiger charge is -2.32. The molecule has 2 aliphatic rings. The van der Waals surface area contributed by atoms with E-state index in [2.05, 4.69) is 26.3 Å². The lowest BCUT2D eigenvalue weighted by Crippen LogP contribution is -2.43. The Balaban J connectivity index is 1.32. The molecule has 2 fully saturated rings. The topological polar surface area (TPSA) is 98.8 Å². The summed E-state index contributed by atoms with van der Waals surface area (Å²) < 4.78 is 54.9. The van der Waals surface area contributed by atoms with E-state index in [1.165, 1.54) is 29.8 Å². The summed E-state index contributed by atoms with van der Waals surface area (Å²) in [5.41, 5.74) is 2.07. The van der Waals surface area contributed by atoms with Crippen LogP contribution >= 0.6 is 0 Å². The van der Waals surface area contributed by atoms with E-state index in [0.29, 0.717) is 0 Å². The minimum atomic E-state index is -3.75.